The van der Waals surface area contributed by atoms with Crippen molar-refractivity contribution in [2.24, 2.45) is 0 Å². The molecular formula is C24H27FN2O6. The normalized spacial score (nSPS) is 13.5. The maximum Gasteiger partial charge on any atom is 0.344 e. The Hall–Kier alpha value is -3.62. The third-order valence-electron chi connectivity index (χ3n) is 5.35. The second kappa shape index (κ2) is 10.8. The fourth-order valence-electron chi connectivity index (χ4n) is 3.49. The lowest BCUT2D eigenvalue weighted by Crippen LogP contribution is -2.50. The number of methoxy groups -OCH3 is 1. The van der Waals surface area contributed by atoms with Gasteiger partial charge < -0.3 is 24.0 Å². The van der Waals surface area contributed by atoms with Crippen molar-refractivity contribution in [3.63, 3.8) is 0 Å². The number of esters is 1. The number of amides is 1. The summed E-state index contributed by atoms with van der Waals surface area (Å²) in [6.07, 6.45) is 0. The zero-order valence-corrected chi connectivity index (χ0v) is 18.9. The molecule has 0 aromatic heterocycles. The molecule has 1 saturated heterocycles. The van der Waals surface area contributed by atoms with Gasteiger partial charge in [-0.3, -0.25) is 9.59 Å². The molecule has 2 aromatic carbocycles. The standard InChI is InChI=1S/C24H27FN2O6/c1-16-4-7-21(22(12-16)31-3)32-15-24(30)33-14-23(29)27-10-8-26(9-11-27)20-6-5-18(17(2)28)13-19(20)25/h4-7,12-13H,8-11,14-15H2,1-3H3. The summed E-state index contributed by atoms with van der Waals surface area (Å²) in [5.74, 6) is -0.758. The molecule has 1 amide bonds. The minimum Gasteiger partial charge on any atom is -0.493 e. The maximum atomic E-state index is 14.4. The monoisotopic (exact) mass is 458 g/mol. The van der Waals surface area contributed by atoms with Crippen LogP contribution in [0.4, 0.5) is 10.1 Å². The van der Waals surface area contributed by atoms with E-state index in [9.17, 15) is 18.8 Å². The molecule has 1 fully saturated rings. The highest BCUT2D eigenvalue weighted by Gasteiger charge is 2.24. The molecule has 33 heavy (non-hydrogen) atoms. The number of benzene rings is 2. The van der Waals surface area contributed by atoms with Gasteiger partial charge in [0.2, 0.25) is 0 Å². The van der Waals surface area contributed by atoms with Crippen LogP contribution in [0.25, 0.3) is 0 Å². The Kier molecular flexibility index (Phi) is 7.87. The van der Waals surface area contributed by atoms with E-state index >= 15 is 0 Å². The molecule has 1 heterocycles. The highest BCUT2D eigenvalue weighted by molar-refractivity contribution is 5.94. The average Bonchev–Trinajstić information content (AvgIpc) is 2.81. The predicted molar refractivity (Wildman–Crippen MR) is 119 cm³/mol. The van der Waals surface area contributed by atoms with Crippen LogP contribution in [0.1, 0.15) is 22.8 Å². The molecule has 1 aliphatic heterocycles. The van der Waals surface area contributed by atoms with Crippen molar-refractivity contribution >= 4 is 23.3 Å². The van der Waals surface area contributed by atoms with E-state index in [2.05, 4.69) is 0 Å². The molecular weight excluding hydrogens is 431 g/mol. The second-order valence-electron chi connectivity index (χ2n) is 7.69. The molecule has 0 bridgehead atoms. The van der Waals surface area contributed by atoms with Crippen LogP contribution in [-0.4, -0.2) is 69.1 Å². The van der Waals surface area contributed by atoms with Crippen LogP contribution in [0.15, 0.2) is 36.4 Å². The van der Waals surface area contributed by atoms with Crippen molar-refractivity contribution in [1.82, 2.24) is 4.90 Å². The number of anilines is 1. The van der Waals surface area contributed by atoms with E-state index in [4.69, 9.17) is 14.2 Å². The van der Waals surface area contributed by atoms with Gasteiger partial charge in [0.1, 0.15) is 5.82 Å². The third-order valence-corrected chi connectivity index (χ3v) is 5.35. The highest BCUT2D eigenvalue weighted by Crippen LogP contribution is 2.27. The number of nitrogens with zero attached hydrogens (tertiary/aromatic N) is 2. The first-order valence-corrected chi connectivity index (χ1v) is 10.5. The molecule has 0 aliphatic carbocycles. The summed E-state index contributed by atoms with van der Waals surface area (Å²) < 4.78 is 30.1. The summed E-state index contributed by atoms with van der Waals surface area (Å²) in [7, 11) is 1.51. The van der Waals surface area contributed by atoms with E-state index in [1.807, 2.05) is 17.9 Å². The van der Waals surface area contributed by atoms with E-state index in [0.29, 0.717) is 48.9 Å². The van der Waals surface area contributed by atoms with Gasteiger partial charge >= 0.3 is 5.97 Å². The van der Waals surface area contributed by atoms with Crippen LogP contribution in [0.5, 0.6) is 11.5 Å². The van der Waals surface area contributed by atoms with Crippen molar-refractivity contribution in [3.8, 4) is 11.5 Å². The van der Waals surface area contributed by atoms with Gasteiger partial charge in [-0.25, -0.2) is 9.18 Å². The van der Waals surface area contributed by atoms with Gasteiger partial charge in [0.05, 0.1) is 12.8 Å². The van der Waals surface area contributed by atoms with Gasteiger partial charge in [0.15, 0.2) is 30.5 Å². The highest BCUT2D eigenvalue weighted by atomic mass is 19.1. The largest absolute Gasteiger partial charge is 0.493 e. The fourth-order valence-corrected chi connectivity index (χ4v) is 3.49. The van der Waals surface area contributed by atoms with Gasteiger partial charge in [-0.05, 0) is 49.7 Å². The Morgan fingerprint density at radius 3 is 2.33 bits per heavy atom. The van der Waals surface area contributed by atoms with Crippen LogP contribution in [0.3, 0.4) is 0 Å². The number of carbonyl (C=O) groups is 3. The van der Waals surface area contributed by atoms with E-state index < -0.39 is 18.4 Å². The number of Topliss-reactive ketones (excluding diaryl/α,β-unsaturated/α-hetero) is 1. The summed E-state index contributed by atoms with van der Waals surface area (Å²) in [4.78, 5) is 39.2. The average molecular weight is 458 g/mol. The first-order chi connectivity index (χ1) is 15.8. The first-order valence-electron chi connectivity index (χ1n) is 10.5. The number of piperazine rings is 1. The van der Waals surface area contributed by atoms with Crippen LogP contribution in [0, 0.1) is 12.7 Å². The Morgan fingerprint density at radius 1 is 0.970 bits per heavy atom. The van der Waals surface area contributed by atoms with Crippen LogP contribution in [0.2, 0.25) is 0 Å². The summed E-state index contributed by atoms with van der Waals surface area (Å²) in [5, 5.41) is 0. The van der Waals surface area contributed by atoms with E-state index in [-0.39, 0.29) is 18.3 Å². The minimum atomic E-state index is -0.669. The molecule has 176 valence electrons. The van der Waals surface area contributed by atoms with Gasteiger partial charge in [-0.2, -0.15) is 0 Å². The number of ether oxygens (including phenoxy) is 3. The first kappa shape index (κ1) is 24.0. The van der Waals surface area contributed by atoms with E-state index in [0.717, 1.165) is 5.56 Å². The molecule has 0 unspecified atom stereocenters. The summed E-state index contributed by atoms with van der Waals surface area (Å²) in [6, 6.07) is 9.70. The van der Waals surface area contributed by atoms with Gasteiger partial charge in [0.25, 0.3) is 5.91 Å². The summed E-state index contributed by atoms with van der Waals surface area (Å²) >= 11 is 0. The smallest absolute Gasteiger partial charge is 0.344 e. The number of ketones is 1. The number of rotatable bonds is 8. The lowest BCUT2D eigenvalue weighted by molar-refractivity contribution is -0.153. The van der Waals surface area contributed by atoms with Crippen molar-refractivity contribution < 1.29 is 33.0 Å². The molecule has 8 nitrogen and oxygen atoms in total. The molecule has 9 heteroatoms. The molecule has 1 aliphatic rings. The Bertz CT molecular complexity index is 1030. The molecule has 2 aromatic rings. The third kappa shape index (κ3) is 6.21. The van der Waals surface area contributed by atoms with Crippen molar-refractivity contribution in [1.29, 1.82) is 0 Å². The molecule has 3 rings (SSSR count). The number of hydrogen-bond donors (Lipinski definition) is 0. The quantitative estimate of drug-likeness (QED) is 0.444. The zero-order valence-electron chi connectivity index (χ0n) is 18.9. The molecule has 0 saturated carbocycles. The molecule has 0 N–H and O–H groups in total. The number of aryl methyl sites for hydroxylation is 1. The maximum absolute atomic E-state index is 14.4. The van der Waals surface area contributed by atoms with Gasteiger partial charge in [0, 0.05) is 31.7 Å². The second-order valence-corrected chi connectivity index (χ2v) is 7.69. The predicted octanol–water partition coefficient (Wildman–Crippen LogP) is 2.62. The van der Waals surface area contributed by atoms with Gasteiger partial charge in [-0.15, -0.1) is 0 Å². The zero-order chi connectivity index (χ0) is 24.0. The van der Waals surface area contributed by atoms with Gasteiger partial charge in [-0.1, -0.05) is 6.07 Å². The molecule has 0 atom stereocenters. The summed E-state index contributed by atoms with van der Waals surface area (Å²) in [6.45, 7) is 4.12. The topological polar surface area (TPSA) is 85.4 Å². The summed E-state index contributed by atoms with van der Waals surface area (Å²) in [5.41, 5.74) is 1.70. The molecule has 0 spiro atoms. The van der Waals surface area contributed by atoms with E-state index in [1.54, 1.807) is 29.2 Å². The Balaban J connectivity index is 1.44. The van der Waals surface area contributed by atoms with Crippen LogP contribution in [-0.2, 0) is 14.3 Å². The Labute approximate surface area is 191 Å². The van der Waals surface area contributed by atoms with Crippen LogP contribution < -0.4 is 14.4 Å². The Morgan fingerprint density at radius 2 is 1.70 bits per heavy atom. The van der Waals surface area contributed by atoms with Crippen molar-refractivity contribution in [3.05, 3.63) is 53.3 Å². The minimum absolute atomic E-state index is 0.200. The van der Waals surface area contributed by atoms with Crippen molar-refractivity contribution in [2.45, 2.75) is 13.8 Å². The lowest BCUT2D eigenvalue weighted by Gasteiger charge is -2.36. The fraction of sp³-hybridized carbons (Fsp3) is 0.375. The number of hydrogen-bond acceptors (Lipinski definition) is 7. The lowest BCUT2D eigenvalue weighted by atomic mass is 10.1. The van der Waals surface area contributed by atoms with Crippen molar-refractivity contribution in [2.75, 3.05) is 51.4 Å². The number of carbonyl (C=O) groups excluding carboxylic acids is 3. The van der Waals surface area contributed by atoms with E-state index in [1.165, 1.54) is 20.1 Å². The molecule has 0 radical (unpaired) electrons. The number of halogens is 1. The SMILES string of the molecule is COc1cc(C)ccc1OCC(=O)OCC(=O)N1CCN(c2ccc(C(C)=O)cc2F)CC1. The van der Waals surface area contributed by atoms with Crippen LogP contribution >= 0.6 is 0 Å².